The number of hydrogen-bond donors (Lipinski definition) is 0. The molecule has 4 aliphatic carbocycles. The fourth-order valence-corrected chi connectivity index (χ4v) is 9.86. The maximum atomic E-state index is 11.8. The molecule has 0 spiro atoms. The van der Waals surface area contributed by atoms with E-state index in [2.05, 4.69) is 61.5 Å². The zero-order valence-electron chi connectivity index (χ0n) is 23.8. The predicted molar refractivity (Wildman–Crippen MR) is 142 cm³/mol. The maximum Gasteiger partial charge on any atom is 0.302 e. The van der Waals surface area contributed by atoms with Crippen molar-refractivity contribution in [1.82, 2.24) is 0 Å². The molecule has 0 aromatic heterocycles. The van der Waals surface area contributed by atoms with Crippen LogP contribution in [0.3, 0.4) is 0 Å². The topological polar surface area (TPSA) is 26.3 Å². The SMILES string of the molecule is CC(=O)O[C@H]1CC[C@]2(C)C3=C(CC[C@H]2C1(C)C)[C@]1(C)CC[C@H]([C@@H](C)CCC=C(C)C)[C@@]1(C)CC3. The summed E-state index contributed by atoms with van der Waals surface area (Å²) < 4.78 is 5.87. The molecule has 0 aliphatic heterocycles. The molecule has 0 aromatic rings. The van der Waals surface area contributed by atoms with Crippen molar-refractivity contribution < 1.29 is 9.53 Å². The van der Waals surface area contributed by atoms with Crippen molar-refractivity contribution in [3.63, 3.8) is 0 Å². The van der Waals surface area contributed by atoms with Gasteiger partial charge in [0.2, 0.25) is 0 Å². The number of hydrogen-bond acceptors (Lipinski definition) is 2. The van der Waals surface area contributed by atoms with Gasteiger partial charge in [0.1, 0.15) is 6.10 Å². The second kappa shape index (κ2) is 8.81. The van der Waals surface area contributed by atoms with Gasteiger partial charge in [-0.25, -0.2) is 0 Å². The van der Waals surface area contributed by atoms with Crippen molar-refractivity contribution in [3.8, 4) is 0 Å². The molecule has 0 bridgehead atoms. The monoisotopic (exact) mass is 468 g/mol. The minimum atomic E-state index is -0.117. The molecule has 2 heteroatoms. The van der Waals surface area contributed by atoms with Gasteiger partial charge in [0.05, 0.1) is 0 Å². The average Bonchev–Trinajstić information content (AvgIpc) is 3.01. The van der Waals surface area contributed by atoms with E-state index in [0.29, 0.717) is 16.7 Å². The smallest absolute Gasteiger partial charge is 0.302 e. The number of fused-ring (bicyclic) bond motifs is 4. The Hall–Kier alpha value is -1.05. The van der Waals surface area contributed by atoms with Crippen LogP contribution >= 0.6 is 0 Å². The molecule has 2 fully saturated rings. The fraction of sp³-hybridized carbons (Fsp3) is 0.844. The van der Waals surface area contributed by atoms with Crippen LogP contribution in [0.5, 0.6) is 0 Å². The van der Waals surface area contributed by atoms with Crippen LogP contribution in [0.25, 0.3) is 0 Å². The first-order valence-electron chi connectivity index (χ1n) is 14.3. The molecule has 0 heterocycles. The number of carbonyl (C=O) groups is 1. The van der Waals surface area contributed by atoms with Gasteiger partial charge < -0.3 is 4.74 Å². The minimum absolute atomic E-state index is 0.0382. The third-order valence-electron chi connectivity index (χ3n) is 11.9. The maximum absolute atomic E-state index is 11.8. The summed E-state index contributed by atoms with van der Waals surface area (Å²) in [7, 11) is 0. The lowest BCUT2D eigenvalue weighted by atomic mass is 9.43. The van der Waals surface area contributed by atoms with Crippen molar-refractivity contribution in [3.05, 3.63) is 22.8 Å². The predicted octanol–water partition coefficient (Wildman–Crippen LogP) is 9.05. The lowest BCUT2D eigenvalue weighted by Crippen LogP contribution is -2.55. The van der Waals surface area contributed by atoms with Crippen LogP contribution in [0, 0.1) is 39.4 Å². The van der Waals surface area contributed by atoms with E-state index < -0.39 is 0 Å². The quantitative estimate of drug-likeness (QED) is 0.297. The van der Waals surface area contributed by atoms with Gasteiger partial charge in [0, 0.05) is 12.3 Å². The van der Waals surface area contributed by atoms with E-state index in [0.717, 1.165) is 18.3 Å². The normalized spacial score (nSPS) is 41.7. The molecule has 7 atom stereocenters. The standard InChI is InChI=1S/C32H52O2/c1-21(2)11-10-12-22(3)24-15-19-32(9)26-13-14-27-29(5,6)28(34-23(4)33)17-18-30(27,7)25(26)16-20-31(24,32)8/h11,22,24,27-28H,10,12-20H2,1-9H3/t22-,24+,27-,28-,30+,31+,32-/m0/s1. The van der Waals surface area contributed by atoms with Gasteiger partial charge in [-0.15, -0.1) is 0 Å². The first-order chi connectivity index (χ1) is 15.8. The molecule has 34 heavy (non-hydrogen) atoms. The number of rotatable bonds is 5. The molecule has 0 unspecified atom stereocenters. The Morgan fingerprint density at radius 1 is 0.971 bits per heavy atom. The van der Waals surface area contributed by atoms with Crippen LogP contribution in [-0.2, 0) is 9.53 Å². The summed E-state index contributed by atoms with van der Waals surface area (Å²) in [5.74, 6) is 2.13. The Morgan fingerprint density at radius 3 is 2.32 bits per heavy atom. The van der Waals surface area contributed by atoms with E-state index in [1.54, 1.807) is 6.92 Å². The zero-order valence-corrected chi connectivity index (χ0v) is 23.8. The third kappa shape index (κ3) is 3.85. The van der Waals surface area contributed by atoms with E-state index in [4.69, 9.17) is 4.74 Å². The van der Waals surface area contributed by atoms with Crippen LogP contribution in [0.15, 0.2) is 22.8 Å². The second-order valence-corrected chi connectivity index (χ2v) is 14.2. The molecular weight excluding hydrogens is 416 g/mol. The van der Waals surface area contributed by atoms with Gasteiger partial charge in [-0.1, -0.05) is 64.3 Å². The van der Waals surface area contributed by atoms with E-state index in [-0.39, 0.29) is 22.9 Å². The lowest BCUT2D eigenvalue weighted by molar-refractivity contribution is -0.167. The molecule has 0 N–H and O–H groups in total. The molecule has 2 saturated carbocycles. The van der Waals surface area contributed by atoms with E-state index >= 15 is 0 Å². The van der Waals surface area contributed by atoms with E-state index in [9.17, 15) is 4.79 Å². The molecule has 2 nitrogen and oxygen atoms in total. The Balaban J connectivity index is 1.63. The number of carbonyl (C=O) groups excluding carboxylic acids is 1. The Bertz CT molecular complexity index is 873. The highest BCUT2D eigenvalue weighted by Crippen LogP contribution is 2.72. The van der Waals surface area contributed by atoms with Gasteiger partial charge in [0.25, 0.3) is 0 Å². The molecule has 0 aromatic carbocycles. The van der Waals surface area contributed by atoms with Crippen LogP contribution in [0.4, 0.5) is 0 Å². The lowest BCUT2D eigenvalue weighted by Gasteiger charge is -2.62. The Labute approximate surface area is 210 Å². The highest BCUT2D eigenvalue weighted by Gasteiger charge is 2.63. The van der Waals surface area contributed by atoms with Crippen molar-refractivity contribution in [2.24, 2.45) is 39.4 Å². The highest BCUT2D eigenvalue weighted by atomic mass is 16.5. The number of esters is 1. The third-order valence-corrected chi connectivity index (χ3v) is 11.9. The summed E-state index contributed by atoms with van der Waals surface area (Å²) in [6.45, 7) is 21.2. The van der Waals surface area contributed by atoms with Gasteiger partial charge >= 0.3 is 5.97 Å². The average molecular weight is 469 g/mol. The van der Waals surface area contributed by atoms with Crippen LogP contribution < -0.4 is 0 Å². The van der Waals surface area contributed by atoms with Crippen molar-refractivity contribution >= 4 is 5.97 Å². The zero-order chi connectivity index (χ0) is 25.1. The van der Waals surface area contributed by atoms with E-state index in [1.165, 1.54) is 63.4 Å². The molecule has 0 saturated heterocycles. The molecule has 4 rings (SSSR count). The molecule has 192 valence electrons. The molecule has 4 aliphatic rings. The minimum Gasteiger partial charge on any atom is -0.462 e. The summed E-state index contributed by atoms with van der Waals surface area (Å²) in [6.07, 6.45) is 15.2. The molecule has 0 amide bonds. The first kappa shape index (κ1) is 26.0. The summed E-state index contributed by atoms with van der Waals surface area (Å²) in [5, 5.41) is 0. The van der Waals surface area contributed by atoms with Crippen LogP contribution in [-0.4, -0.2) is 12.1 Å². The molecular formula is C32H52O2. The highest BCUT2D eigenvalue weighted by molar-refractivity contribution is 5.66. The summed E-state index contributed by atoms with van der Waals surface area (Å²) in [4.78, 5) is 11.8. The van der Waals surface area contributed by atoms with Gasteiger partial charge in [-0.2, -0.15) is 0 Å². The van der Waals surface area contributed by atoms with Gasteiger partial charge in [0.15, 0.2) is 0 Å². The summed E-state index contributed by atoms with van der Waals surface area (Å²) in [5.41, 5.74) is 6.25. The van der Waals surface area contributed by atoms with Crippen molar-refractivity contribution in [2.75, 3.05) is 0 Å². The Morgan fingerprint density at radius 2 is 1.68 bits per heavy atom. The molecule has 0 radical (unpaired) electrons. The van der Waals surface area contributed by atoms with Gasteiger partial charge in [-0.05, 0) is 112 Å². The first-order valence-corrected chi connectivity index (χ1v) is 14.3. The summed E-state index contributed by atoms with van der Waals surface area (Å²) >= 11 is 0. The van der Waals surface area contributed by atoms with Crippen LogP contribution in [0.1, 0.15) is 127 Å². The van der Waals surface area contributed by atoms with Crippen LogP contribution in [0.2, 0.25) is 0 Å². The second-order valence-electron chi connectivity index (χ2n) is 14.2. The van der Waals surface area contributed by atoms with Crippen molar-refractivity contribution in [1.29, 1.82) is 0 Å². The van der Waals surface area contributed by atoms with Crippen molar-refractivity contribution in [2.45, 2.75) is 133 Å². The van der Waals surface area contributed by atoms with E-state index in [1.807, 2.05) is 11.1 Å². The fourth-order valence-electron chi connectivity index (χ4n) is 9.86. The van der Waals surface area contributed by atoms with Gasteiger partial charge in [-0.3, -0.25) is 4.79 Å². The largest absolute Gasteiger partial charge is 0.462 e. The Kier molecular flexibility index (Phi) is 6.74. The number of ether oxygens (including phenoxy) is 1. The number of allylic oxidation sites excluding steroid dienone is 4. The summed E-state index contributed by atoms with van der Waals surface area (Å²) in [6, 6.07) is 0.